The highest BCUT2D eigenvalue weighted by molar-refractivity contribution is 5.89. The fourth-order valence-corrected chi connectivity index (χ4v) is 4.59. The van der Waals surface area contributed by atoms with Gasteiger partial charge in [-0.3, -0.25) is 9.59 Å². The molecule has 2 aromatic carbocycles. The van der Waals surface area contributed by atoms with Crippen LogP contribution in [0.1, 0.15) is 30.2 Å². The Kier molecular flexibility index (Phi) is 5.97. The molecule has 0 bridgehead atoms. The maximum atomic E-state index is 13.5. The smallest absolute Gasteiger partial charge is 0.365 e. The number of carboxylic acid groups (broad SMARTS) is 1. The monoisotopic (exact) mass is 442 g/mol. The molecule has 1 N–H and O–H groups in total. The molecular weight excluding hydrogens is 418 g/mol. The second-order valence-corrected chi connectivity index (χ2v) is 8.35. The van der Waals surface area contributed by atoms with Crippen LogP contribution in [0, 0.1) is 5.41 Å². The van der Waals surface area contributed by atoms with Crippen LogP contribution in [0.3, 0.4) is 0 Å². The fourth-order valence-electron chi connectivity index (χ4n) is 4.59. The first-order valence-electron chi connectivity index (χ1n) is 10.4. The molecule has 8 heteroatoms. The third-order valence-electron chi connectivity index (χ3n) is 6.09. The van der Waals surface area contributed by atoms with Gasteiger partial charge in [-0.2, -0.15) is 8.78 Å². The van der Waals surface area contributed by atoms with Crippen LogP contribution in [-0.4, -0.2) is 33.2 Å². The van der Waals surface area contributed by atoms with Crippen LogP contribution in [0.2, 0.25) is 0 Å². The molecule has 168 valence electrons. The number of rotatable bonds is 7. The predicted octanol–water partition coefficient (Wildman–Crippen LogP) is 4.40. The number of amides is 1. The van der Waals surface area contributed by atoms with Crippen LogP contribution >= 0.6 is 0 Å². The van der Waals surface area contributed by atoms with Gasteiger partial charge >= 0.3 is 12.6 Å². The number of hydrogen-bond donors (Lipinski definition) is 1. The van der Waals surface area contributed by atoms with Crippen LogP contribution in [0.15, 0.2) is 54.6 Å². The summed E-state index contributed by atoms with van der Waals surface area (Å²) in [5.41, 5.74) is 2.28. The molecule has 32 heavy (non-hydrogen) atoms. The van der Waals surface area contributed by atoms with E-state index in [1.54, 1.807) is 41.8 Å². The number of carbonyl (C=O) groups is 2. The quantitative estimate of drug-likeness (QED) is 0.551. The molecule has 1 unspecified atom stereocenters. The molecule has 0 aliphatic heterocycles. The maximum absolute atomic E-state index is 13.5. The molecule has 1 aliphatic rings. The van der Waals surface area contributed by atoms with Gasteiger partial charge in [0.15, 0.2) is 0 Å². The van der Waals surface area contributed by atoms with Crippen molar-refractivity contribution in [1.29, 1.82) is 0 Å². The van der Waals surface area contributed by atoms with Crippen molar-refractivity contribution in [2.45, 2.75) is 45.9 Å². The Hall–Kier alpha value is -3.26. The summed E-state index contributed by atoms with van der Waals surface area (Å²) in [4.78, 5) is 29.5. The third kappa shape index (κ3) is 4.23. The fraction of sp³-hybridized carbons (Fsp3) is 0.333. The van der Waals surface area contributed by atoms with Crippen LogP contribution in [0.25, 0.3) is 10.9 Å². The van der Waals surface area contributed by atoms with E-state index in [0.29, 0.717) is 24.8 Å². The highest BCUT2D eigenvalue weighted by Gasteiger charge is 2.42. The summed E-state index contributed by atoms with van der Waals surface area (Å²) in [5.74, 6) is -1.46. The predicted molar refractivity (Wildman–Crippen MR) is 114 cm³/mol. The van der Waals surface area contributed by atoms with Crippen LogP contribution < -0.4 is 0 Å². The number of halogens is 2. The number of hydrogen-bond acceptors (Lipinski definition) is 3. The van der Waals surface area contributed by atoms with E-state index in [-0.39, 0.29) is 13.1 Å². The van der Waals surface area contributed by atoms with Crippen molar-refractivity contribution in [2.75, 3.05) is 0 Å². The van der Waals surface area contributed by atoms with E-state index in [4.69, 9.17) is 0 Å². The lowest BCUT2D eigenvalue weighted by molar-refractivity contribution is -0.281. The molecule has 0 saturated heterocycles. The first-order chi connectivity index (χ1) is 15.3. The first kappa shape index (κ1) is 22.0. The summed E-state index contributed by atoms with van der Waals surface area (Å²) >= 11 is 0. The van der Waals surface area contributed by atoms with Gasteiger partial charge in [0, 0.05) is 16.6 Å². The van der Waals surface area contributed by atoms with E-state index in [9.17, 15) is 23.5 Å². The molecule has 0 radical (unpaired) electrons. The van der Waals surface area contributed by atoms with E-state index in [1.807, 2.05) is 24.3 Å². The summed E-state index contributed by atoms with van der Waals surface area (Å²) in [7, 11) is 0. The average molecular weight is 442 g/mol. The van der Waals surface area contributed by atoms with Gasteiger partial charge in [0.05, 0.1) is 12.0 Å². The SMILES string of the molecule is CC1(C(=O)N(Cc2ccccc2)OC(F)F)CCc2c(c3ccccc3n2CC(=O)O)C1. The molecular formula is C24H24F2N2O4. The van der Waals surface area contributed by atoms with E-state index in [2.05, 4.69) is 4.84 Å². The van der Waals surface area contributed by atoms with Gasteiger partial charge in [0.2, 0.25) is 0 Å². The van der Waals surface area contributed by atoms with E-state index in [1.165, 1.54) is 0 Å². The molecule has 1 atom stereocenters. The number of benzene rings is 2. The van der Waals surface area contributed by atoms with Gasteiger partial charge < -0.3 is 9.67 Å². The highest BCUT2D eigenvalue weighted by atomic mass is 19.3. The Balaban J connectivity index is 1.68. The van der Waals surface area contributed by atoms with E-state index in [0.717, 1.165) is 27.2 Å². The number of nitrogens with zero attached hydrogens (tertiary/aromatic N) is 2. The molecule has 1 amide bonds. The molecule has 0 fully saturated rings. The Labute approximate surface area is 184 Å². The van der Waals surface area contributed by atoms with Crippen LogP contribution in [-0.2, 0) is 40.4 Å². The van der Waals surface area contributed by atoms with E-state index >= 15 is 0 Å². The van der Waals surface area contributed by atoms with Crippen LogP contribution in [0.4, 0.5) is 8.78 Å². The van der Waals surface area contributed by atoms with E-state index < -0.39 is 23.9 Å². The number of aromatic nitrogens is 1. The second kappa shape index (κ2) is 8.70. The number of para-hydroxylation sites is 1. The lowest BCUT2D eigenvalue weighted by atomic mass is 9.73. The number of aliphatic carboxylic acids is 1. The van der Waals surface area contributed by atoms with Gasteiger partial charge in [-0.1, -0.05) is 55.5 Å². The number of hydroxylamine groups is 2. The standard InChI is InChI=1S/C24H24F2N2O4/c1-24(22(31)28(32-23(25)26)14-16-7-3-2-4-8-16)12-11-20-18(13-24)17-9-5-6-10-19(17)27(20)15-21(29)30/h2-10,23H,11-15H2,1H3,(H,29,30). The van der Waals surface area contributed by atoms with Crippen molar-refractivity contribution in [2.24, 2.45) is 5.41 Å². The summed E-state index contributed by atoms with van der Waals surface area (Å²) in [6.07, 6.45) is 1.17. The zero-order chi connectivity index (χ0) is 22.9. The summed E-state index contributed by atoms with van der Waals surface area (Å²) in [6.45, 7) is -1.63. The lowest BCUT2D eigenvalue weighted by Crippen LogP contribution is -2.45. The number of carbonyl (C=O) groups excluding carboxylic acids is 1. The van der Waals surface area contributed by atoms with Crippen molar-refractivity contribution in [3.63, 3.8) is 0 Å². The molecule has 1 aliphatic carbocycles. The van der Waals surface area contributed by atoms with Gasteiger partial charge in [0.25, 0.3) is 5.91 Å². The summed E-state index contributed by atoms with van der Waals surface area (Å²) < 4.78 is 28.0. The van der Waals surface area contributed by atoms with Crippen molar-refractivity contribution < 1.29 is 28.3 Å². The van der Waals surface area contributed by atoms with Gasteiger partial charge in [0.1, 0.15) is 6.54 Å². The third-order valence-corrected chi connectivity index (χ3v) is 6.09. The van der Waals surface area contributed by atoms with Gasteiger partial charge in [-0.15, -0.1) is 0 Å². The van der Waals surface area contributed by atoms with Crippen molar-refractivity contribution in [3.05, 3.63) is 71.4 Å². The zero-order valence-electron chi connectivity index (χ0n) is 17.6. The largest absolute Gasteiger partial charge is 0.480 e. The molecule has 0 saturated carbocycles. The normalized spacial score (nSPS) is 18.0. The number of fused-ring (bicyclic) bond motifs is 3. The first-order valence-corrected chi connectivity index (χ1v) is 10.4. The Morgan fingerprint density at radius 3 is 2.53 bits per heavy atom. The number of alkyl halides is 2. The Morgan fingerprint density at radius 2 is 1.84 bits per heavy atom. The molecule has 4 rings (SSSR count). The maximum Gasteiger partial charge on any atom is 0.365 e. The Morgan fingerprint density at radius 1 is 1.16 bits per heavy atom. The van der Waals surface area contributed by atoms with Crippen LogP contribution in [0.5, 0.6) is 0 Å². The minimum atomic E-state index is -3.12. The van der Waals surface area contributed by atoms with Gasteiger partial charge in [-0.05, 0) is 36.5 Å². The summed E-state index contributed by atoms with van der Waals surface area (Å²) in [5, 5.41) is 11.0. The molecule has 3 aromatic rings. The minimum Gasteiger partial charge on any atom is -0.480 e. The average Bonchev–Trinajstić information content (AvgIpc) is 3.05. The molecule has 1 aromatic heterocycles. The summed E-state index contributed by atoms with van der Waals surface area (Å²) in [6, 6.07) is 16.3. The molecule has 0 spiro atoms. The molecule has 6 nitrogen and oxygen atoms in total. The van der Waals surface area contributed by atoms with Crippen molar-refractivity contribution in [3.8, 4) is 0 Å². The minimum absolute atomic E-state index is 0.0900. The zero-order valence-corrected chi connectivity index (χ0v) is 17.6. The van der Waals surface area contributed by atoms with Crippen molar-refractivity contribution >= 4 is 22.8 Å². The topological polar surface area (TPSA) is 71.8 Å². The number of carboxylic acids is 1. The highest BCUT2D eigenvalue weighted by Crippen LogP contribution is 2.42. The Bertz CT molecular complexity index is 1150. The van der Waals surface area contributed by atoms with Gasteiger partial charge in [-0.25, -0.2) is 9.90 Å². The lowest BCUT2D eigenvalue weighted by Gasteiger charge is -2.36. The molecule has 1 heterocycles. The second-order valence-electron chi connectivity index (χ2n) is 8.35. The van der Waals surface area contributed by atoms with Crippen molar-refractivity contribution in [1.82, 2.24) is 9.63 Å².